The Morgan fingerprint density at radius 3 is 2.68 bits per heavy atom. The first-order valence-electron chi connectivity index (χ1n) is 6.61. The highest BCUT2D eigenvalue weighted by Crippen LogP contribution is 2.28. The molecule has 4 heterocycles. The van der Waals surface area contributed by atoms with Crippen molar-refractivity contribution in [1.82, 2.24) is 14.6 Å². The van der Waals surface area contributed by atoms with Gasteiger partial charge in [-0.25, -0.2) is 13.1 Å². The zero-order chi connectivity index (χ0) is 13.5. The van der Waals surface area contributed by atoms with E-state index in [1.807, 2.05) is 0 Å². The molecular formula is C12H19N3O3S. The van der Waals surface area contributed by atoms with Crippen LogP contribution in [0.25, 0.3) is 0 Å². The predicted molar refractivity (Wildman–Crippen MR) is 70.0 cm³/mol. The summed E-state index contributed by atoms with van der Waals surface area (Å²) < 4.78 is 27.4. The van der Waals surface area contributed by atoms with Crippen LogP contribution in [-0.2, 0) is 16.6 Å². The predicted octanol–water partition coefficient (Wildman–Crippen LogP) is -0.121. The number of sulfonamides is 1. The van der Waals surface area contributed by atoms with Crippen LogP contribution in [0.2, 0.25) is 0 Å². The lowest BCUT2D eigenvalue weighted by molar-refractivity contribution is 0.0827. The molecule has 7 heteroatoms. The Balaban J connectivity index is 1.74. The Morgan fingerprint density at radius 2 is 2.16 bits per heavy atom. The molecule has 1 aromatic heterocycles. The second kappa shape index (κ2) is 4.90. The van der Waals surface area contributed by atoms with Crippen LogP contribution in [0.15, 0.2) is 17.2 Å². The second-order valence-electron chi connectivity index (χ2n) is 5.38. The first-order chi connectivity index (χ1) is 9.08. The van der Waals surface area contributed by atoms with E-state index in [0.29, 0.717) is 11.6 Å². The fraction of sp³-hybridized carbons (Fsp3) is 0.667. The summed E-state index contributed by atoms with van der Waals surface area (Å²) in [4.78, 5) is 5.26. The highest BCUT2D eigenvalue weighted by Gasteiger charge is 2.36. The minimum absolute atomic E-state index is 0.0139. The Kier molecular flexibility index (Phi) is 3.38. The van der Waals surface area contributed by atoms with Crippen molar-refractivity contribution in [2.24, 2.45) is 5.92 Å². The molecule has 3 saturated heterocycles. The van der Waals surface area contributed by atoms with Gasteiger partial charge in [-0.3, -0.25) is 0 Å². The summed E-state index contributed by atoms with van der Waals surface area (Å²) in [6.07, 6.45) is 3.57. The Labute approximate surface area is 112 Å². The van der Waals surface area contributed by atoms with E-state index < -0.39 is 10.0 Å². The van der Waals surface area contributed by atoms with E-state index >= 15 is 0 Å². The van der Waals surface area contributed by atoms with Gasteiger partial charge in [-0.15, -0.1) is 0 Å². The van der Waals surface area contributed by atoms with Crippen LogP contribution in [0.3, 0.4) is 0 Å². The van der Waals surface area contributed by atoms with Crippen molar-refractivity contribution in [1.29, 1.82) is 0 Å². The van der Waals surface area contributed by atoms with E-state index in [4.69, 9.17) is 5.11 Å². The van der Waals surface area contributed by atoms with Crippen LogP contribution in [-0.4, -0.2) is 49.1 Å². The molecule has 19 heavy (non-hydrogen) atoms. The molecular weight excluding hydrogens is 266 g/mol. The lowest BCUT2D eigenvalue weighted by atomic mass is 9.85. The van der Waals surface area contributed by atoms with Gasteiger partial charge >= 0.3 is 0 Å². The molecule has 0 radical (unpaired) electrons. The summed E-state index contributed by atoms with van der Waals surface area (Å²) in [5.74, 6) is 0.455. The molecule has 1 unspecified atom stereocenters. The minimum Gasteiger partial charge on any atom is -0.390 e. The van der Waals surface area contributed by atoms with Gasteiger partial charge in [0.05, 0.1) is 11.5 Å². The standard InChI is InChI=1S/C12H19N3O3S/c16-8-10-5-11(6-13-10)19(17,18)14-12-7-15-3-1-9(12)2-4-15/h5-6,9,12-14,16H,1-4,7-8H2. The van der Waals surface area contributed by atoms with E-state index in [0.717, 1.165) is 32.5 Å². The molecule has 2 bridgehead atoms. The summed E-state index contributed by atoms with van der Waals surface area (Å²) in [7, 11) is -3.49. The van der Waals surface area contributed by atoms with Crippen molar-refractivity contribution >= 4 is 10.0 Å². The van der Waals surface area contributed by atoms with E-state index in [1.54, 1.807) is 0 Å². The molecule has 1 aromatic rings. The third kappa shape index (κ3) is 2.55. The quantitative estimate of drug-likeness (QED) is 0.720. The van der Waals surface area contributed by atoms with Crippen LogP contribution in [0, 0.1) is 5.92 Å². The smallest absolute Gasteiger partial charge is 0.242 e. The van der Waals surface area contributed by atoms with Crippen LogP contribution in [0.1, 0.15) is 18.5 Å². The van der Waals surface area contributed by atoms with Gasteiger partial charge in [0, 0.05) is 24.5 Å². The molecule has 0 aromatic carbocycles. The zero-order valence-corrected chi connectivity index (χ0v) is 11.5. The molecule has 4 rings (SSSR count). The average Bonchev–Trinajstić information content (AvgIpc) is 2.89. The maximum atomic E-state index is 12.3. The monoisotopic (exact) mass is 285 g/mol. The molecule has 3 N–H and O–H groups in total. The van der Waals surface area contributed by atoms with Crippen molar-refractivity contribution in [3.05, 3.63) is 18.0 Å². The largest absolute Gasteiger partial charge is 0.390 e. The van der Waals surface area contributed by atoms with Crippen LogP contribution < -0.4 is 4.72 Å². The number of hydrogen-bond acceptors (Lipinski definition) is 4. The van der Waals surface area contributed by atoms with E-state index in [9.17, 15) is 8.42 Å². The molecule has 0 amide bonds. The summed E-state index contributed by atoms with van der Waals surface area (Å²) in [5, 5.41) is 8.97. The van der Waals surface area contributed by atoms with Gasteiger partial charge in [0.25, 0.3) is 0 Å². The number of aliphatic hydroxyl groups excluding tert-OH is 1. The zero-order valence-electron chi connectivity index (χ0n) is 10.7. The number of H-pyrrole nitrogens is 1. The number of aromatic amines is 1. The van der Waals surface area contributed by atoms with E-state index in [-0.39, 0.29) is 17.5 Å². The molecule has 3 aliphatic rings. The summed E-state index contributed by atoms with van der Waals surface area (Å²) in [6, 6.07) is 1.49. The number of piperidine rings is 3. The van der Waals surface area contributed by atoms with Gasteiger partial charge in [-0.1, -0.05) is 0 Å². The normalized spacial score (nSPS) is 30.7. The third-order valence-corrected chi connectivity index (χ3v) is 5.63. The Bertz CT molecular complexity index is 546. The second-order valence-corrected chi connectivity index (χ2v) is 7.10. The number of aromatic nitrogens is 1. The van der Waals surface area contributed by atoms with Gasteiger partial charge in [-0.2, -0.15) is 0 Å². The number of aliphatic hydroxyl groups is 1. The number of rotatable bonds is 4. The van der Waals surface area contributed by atoms with Gasteiger partial charge in [0.15, 0.2) is 0 Å². The Hall–Kier alpha value is -0.890. The van der Waals surface area contributed by atoms with Crippen LogP contribution >= 0.6 is 0 Å². The van der Waals surface area contributed by atoms with Crippen molar-refractivity contribution in [3.63, 3.8) is 0 Å². The van der Waals surface area contributed by atoms with Gasteiger partial charge in [0.1, 0.15) is 0 Å². The molecule has 106 valence electrons. The average molecular weight is 285 g/mol. The first kappa shape index (κ1) is 13.1. The Morgan fingerprint density at radius 1 is 1.42 bits per heavy atom. The molecule has 1 atom stereocenters. The fourth-order valence-electron chi connectivity index (χ4n) is 3.03. The van der Waals surface area contributed by atoms with Gasteiger partial charge in [0.2, 0.25) is 10.0 Å². The van der Waals surface area contributed by atoms with Gasteiger partial charge < -0.3 is 15.0 Å². The van der Waals surface area contributed by atoms with Crippen molar-refractivity contribution in [3.8, 4) is 0 Å². The lowest BCUT2D eigenvalue weighted by Crippen LogP contribution is -2.57. The SMILES string of the molecule is O=S(=O)(NC1CN2CCC1CC2)c1c[nH]c(CO)c1. The number of nitrogens with one attached hydrogen (secondary N) is 2. The summed E-state index contributed by atoms with van der Waals surface area (Å²) >= 11 is 0. The fourth-order valence-corrected chi connectivity index (χ4v) is 4.34. The van der Waals surface area contributed by atoms with Gasteiger partial charge in [-0.05, 0) is 37.9 Å². The molecule has 0 aliphatic carbocycles. The van der Waals surface area contributed by atoms with E-state index in [1.165, 1.54) is 12.3 Å². The number of nitrogens with zero attached hydrogens (tertiary/aromatic N) is 1. The molecule has 6 nitrogen and oxygen atoms in total. The summed E-state index contributed by atoms with van der Waals surface area (Å²) in [5.41, 5.74) is 0.509. The van der Waals surface area contributed by atoms with Crippen LogP contribution in [0.4, 0.5) is 0 Å². The highest BCUT2D eigenvalue weighted by atomic mass is 32.2. The van der Waals surface area contributed by atoms with Crippen molar-refractivity contribution < 1.29 is 13.5 Å². The minimum atomic E-state index is -3.49. The number of hydrogen-bond donors (Lipinski definition) is 3. The first-order valence-corrected chi connectivity index (χ1v) is 8.09. The van der Waals surface area contributed by atoms with Crippen molar-refractivity contribution in [2.45, 2.75) is 30.4 Å². The third-order valence-electron chi connectivity index (χ3n) is 4.16. The van der Waals surface area contributed by atoms with Crippen molar-refractivity contribution in [2.75, 3.05) is 19.6 Å². The summed E-state index contributed by atoms with van der Waals surface area (Å²) in [6.45, 7) is 2.79. The lowest BCUT2D eigenvalue weighted by Gasteiger charge is -2.44. The number of fused-ring (bicyclic) bond motifs is 3. The highest BCUT2D eigenvalue weighted by molar-refractivity contribution is 7.89. The topological polar surface area (TPSA) is 85.4 Å². The maximum absolute atomic E-state index is 12.3. The molecule has 0 saturated carbocycles. The van der Waals surface area contributed by atoms with Crippen LogP contribution in [0.5, 0.6) is 0 Å². The molecule has 3 fully saturated rings. The maximum Gasteiger partial charge on any atom is 0.242 e. The molecule has 3 aliphatic heterocycles. The molecule has 0 spiro atoms. The van der Waals surface area contributed by atoms with E-state index in [2.05, 4.69) is 14.6 Å².